The van der Waals surface area contributed by atoms with Gasteiger partial charge in [-0.2, -0.15) is 23.5 Å². The fraction of sp³-hybridized carbons (Fsp3) is 0.333. The third-order valence-corrected chi connectivity index (χ3v) is 13.1. The van der Waals surface area contributed by atoms with Crippen molar-refractivity contribution in [1.29, 1.82) is 0 Å². The van der Waals surface area contributed by atoms with E-state index in [-0.39, 0.29) is 13.1 Å². The average Bonchev–Trinajstić information content (AvgIpc) is 3.15. The van der Waals surface area contributed by atoms with Crippen molar-refractivity contribution in [2.45, 2.75) is 46.5 Å². The molecule has 2 N–H and O–H groups in total. The van der Waals surface area contributed by atoms with E-state index in [0.29, 0.717) is 24.6 Å². The van der Waals surface area contributed by atoms with Crippen molar-refractivity contribution in [3.8, 4) is 0 Å². The number of carbonyl (C=O) groups is 4. The fourth-order valence-corrected chi connectivity index (χ4v) is 9.54. The number of benzene rings is 4. The molecular formula is C42H46N2O6S4. The van der Waals surface area contributed by atoms with Gasteiger partial charge in [0.1, 0.15) is 0 Å². The zero-order chi connectivity index (χ0) is 38.5. The Hall–Kier alpha value is -3.84. The molecule has 0 spiro atoms. The Morgan fingerprint density at radius 2 is 0.833 bits per heavy atom. The van der Waals surface area contributed by atoms with Crippen molar-refractivity contribution in [2.24, 2.45) is 23.7 Å². The third-order valence-electron chi connectivity index (χ3n) is 9.28. The number of carboxylic acid groups (broad SMARTS) is 2. The number of amides is 2. The molecule has 5 rings (SSSR count). The molecule has 1 aliphatic rings. The summed E-state index contributed by atoms with van der Waals surface area (Å²) in [5.41, 5.74) is 1.72. The molecule has 0 heterocycles. The number of hydrogen-bond acceptors (Lipinski definition) is 8. The van der Waals surface area contributed by atoms with Crippen LogP contribution in [0, 0.1) is 23.7 Å². The quantitative estimate of drug-likeness (QED) is 0.0844. The summed E-state index contributed by atoms with van der Waals surface area (Å²) in [5.74, 6) is -6.48. The largest absolute Gasteiger partial charge is 0.481 e. The summed E-state index contributed by atoms with van der Waals surface area (Å²) in [6, 6.07) is 35.8. The minimum atomic E-state index is -1.52. The summed E-state index contributed by atoms with van der Waals surface area (Å²) in [7, 11) is 0. The summed E-state index contributed by atoms with van der Waals surface area (Å²) in [6.07, 6.45) is 0. The van der Waals surface area contributed by atoms with E-state index in [4.69, 9.17) is 0 Å². The smallest absolute Gasteiger partial charge is 0.308 e. The molecule has 0 radical (unpaired) electrons. The molecule has 8 nitrogen and oxygen atoms in total. The minimum absolute atomic E-state index is 0.213. The van der Waals surface area contributed by atoms with Crippen molar-refractivity contribution in [1.82, 2.24) is 9.80 Å². The topological polar surface area (TPSA) is 115 Å². The van der Waals surface area contributed by atoms with Gasteiger partial charge in [-0.05, 0) is 71.2 Å². The Balaban J connectivity index is 1.39. The highest BCUT2D eigenvalue weighted by Crippen LogP contribution is 2.49. The third kappa shape index (κ3) is 11.1. The molecular weight excluding hydrogens is 757 g/mol. The van der Waals surface area contributed by atoms with Crippen LogP contribution < -0.4 is 0 Å². The van der Waals surface area contributed by atoms with E-state index < -0.39 is 47.4 Å². The SMILES string of the molecule is CCSCCN(Cc1ccc(Sc2ccccc2)cc1)C(=O)[C@H]1[C@@H](C(=O)O)[C@H](C(=O)O)[C@@H]1C(=O)N(CCSCC)Cc1ccc(Sc2ccccc2)cc1. The first-order valence-corrected chi connectivity index (χ1v) is 22.0. The van der Waals surface area contributed by atoms with Crippen LogP contribution >= 0.6 is 47.0 Å². The van der Waals surface area contributed by atoms with Gasteiger partial charge < -0.3 is 20.0 Å². The molecule has 0 bridgehead atoms. The van der Waals surface area contributed by atoms with Gasteiger partial charge >= 0.3 is 11.9 Å². The van der Waals surface area contributed by atoms with Crippen molar-refractivity contribution < 1.29 is 29.4 Å². The molecule has 4 aromatic carbocycles. The molecule has 0 aromatic heterocycles. The van der Waals surface area contributed by atoms with Crippen molar-refractivity contribution in [3.63, 3.8) is 0 Å². The average molecular weight is 803 g/mol. The maximum absolute atomic E-state index is 14.5. The number of aliphatic carboxylic acids is 2. The van der Waals surface area contributed by atoms with Gasteiger partial charge in [-0.25, -0.2) is 0 Å². The van der Waals surface area contributed by atoms with Gasteiger partial charge in [0.15, 0.2) is 0 Å². The lowest BCUT2D eigenvalue weighted by Crippen LogP contribution is -2.64. The van der Waals surface area contributed by atoms with Crippen LogP contribution in [0.2, 0.25) is 0 Å². The van der Waals surface area contributed by atoms with Crippen LogP contribution in [0.1, 0.15) is 25.0 Å². The Morgan fingerprint density at radius 3 is 1.15 bits per heavy atom. The van der Waals surface area contributed by atoms with E-state index in [9.17, 15) is 29.4 Å². The monoisotopic (exact) mass is 802 g/mol. The second-order valence-electron chi connectivity index (χ2n) is 12.8. The Labute approximate surface area is 334 Å². The Bertz CT molecular complexity index is 1690. The van der Waals surface area contributed by atoms with Crippen LogP contribution in [-0.4, -0.2) is 79.9 Å². The first-order chi connectivity index (χ1) is 26.2. The molecule has 0 unspecified atom stereocenters. The number of rotatable bonds is 20. The van der Waals surface area contributed by atoms with Gasteiger partial charge in [0.25, 0.3) is 0 Å². The lowest BCUT2D eigenvalue weighted by molar-refractivity contribution is -0.187. The normalized spacial score (nSPS) is 17.7. The molecule has 1 aliphatic carbocycles. The van der Waals surface area contributed by atoms with Gasteiger partial charge in [0.2, 0.25) is 11.8 Å². The molecule has 2 amide bonds. The molecule has 0 aliphatic heterocycles. The number of carbonyl (C=O) groups excluding carboxylic acids is 2. The molecule has 12 heteroatoms. The summed E-state index contributed by atoms with van der Waals surface area (Å²) in [6.45, 7) is 5.16. The molecule has 0 saturated heterocycles. The van der Waals surface area contributed by atoms with Crippen LogP contribution in [0.25, 0.3) is 0 Å². The Morgan fingerprint density at radius 1 is 0.500 bits per heavy atom. The van der Waals surface area contributed by atoms with Gasteiger partial charge in [0.05, 0.1) is 23.7 Å². The highest BCUT2D eigenvalue weighted by atomic mass is 32.2. The zero-order valence-corrected chi connectivity index (χ0v) is 33.7. The maximum Gasteiger partial charge on any atom is 0.308 e. The first-order valence-electron chi connectivity index (χ1n) is 18.0. The van der Waals surface area contributed by atoms with Gasteiger partial charge in [-0.15, -0.1) is 0 Å². The van der Waals surface area contributed by atoms with Gasteiger partial charge in [-0.3, -0.25) is 19.2 Å². The molecule has 54 heavy (non-hydrogen) atoms. The van der Waals surface area contributed by atoms with Crippen molar-refractivity contribution in [3.05, 3.63) is 120 Å². The minimum Gasteiger partial charge on any atom is -0.481 e. The van der Waals surface area contributed by atoms with Crippen molar-refractivity contribution >= 4 is 70.8 Å². The van der Waals surface area contributed by atoms with E-state index >= 15 is 0 Å². The van der Waals surface area contributed by atoms with E-state index in [1.54, 1.807) is 56.8 Å². The number of nitrogens with zero attached hydrogens (tertiary/aromatic N) is 2. The van der Waals surface area contributed by atoms with Crippen LogP contribution in [0.15, 0.2) is 129 Å². The molecule has 284 valence electrons. The maximum atomic E-state index is 14.5. The lowest BCUT2D eigenvalue weighted by atomic mass is 9.55. The van der Waals surface area contributed by atoms with E-state index in [0.717, 1.165) is 42.2 Å². The predicted molar refractivity (Wildman–Crippen MR) is 220 cm³/mol. The molecule has 4 aromatic rings. The summed E-state index contributed by atoms with van der Waals surface area (Å²) in [5, 5.41) is 20.6. The van der Waals surface area contributed by atoms with Crippen LogP contribution in [0.4, 0.5) is 0 Å². The predicted octanol–water partition coefficient (Wildman–Crippen LogP) is 8.50. The standard InChI is InChI=1S/C42H46N2O6S4/c1-3-51-25-23-43(27-29-15-19-33(20-16-29)53-31-11-7-5-8-12-31)39(45)35-36(38(42(49)50)37(35)41(47)48)40(46)44(24-26-52-4-2)28-30-17-21-34(22-18-30)54-32-13-9-6-10-14-32/h5-22,35-38H,3-4,23-28H2,1-2H3,(H,47,48)(H,49,50)/t35-,36-,37-,38-/m1/s1. The molecule has 4 atom stereocenters. The van der Waals surface area contributed by atoms with Crippen LogP contribution in [-0.2, 0) is 32.3 Å². The number of hydrogen-bond donors (Lipinski definition) is 2. The van der Waals surface area contributed by atoms with Crippen molar-refractivity contribution in [2.75, 3.05) is 36.1 Å². The Kier molecular flexibility index (Phi) is 15.9. The molecule has 1 saturated carbocycles. The second kappa shape index (κ2) is 20.7. The highest BCUT2D eigenvalue weighted by molar-refractivity contribution is 8.00. The fourth-order valence-electron chi connectivity index (χ4n) is 6.59. The zero-order valence-electron chi connectivity index (χ0n) is 30.4. The first kappa shape index (κ1) is 41.3. The number of thioether (sulfide) groups is 2. The summed E-state index contributed by atoms with van der Waals surface area (Å²) in [4.78, 5) is 61.9. The lowest BCUT2D eigenvalue weighted by Gasteiger charge is -2.48. The van der Waals surface area contributed by atoms with Crippen LogP contribution in [0.3, 0.4) is 0 Å². The highest BCUT2D eigenvalue weighted by Gasteiger charge is 2.64. The summed E-state index contributed by atoms with van der Waals surface area (Å²) >= 11 is 6.57. The van der Waals surface area contributed by atoms with Crippen LogP contribution in [0.5, 0.6) is 0 Å². The molecule has 1 fully saturated rings. The summed E-state index contributed by atoms with van der Waals surface area (Å²) < 4.78 is 0. The van der Waals surface area contributed by atoms with E-state index in [2.05, 4.69) is 0 Å². The second-order valence-corrected chi connectivity index (χ2v) is 17.9. The van der Waals surface area contributed by atoms with E-state index in [1.165, 1.54) is 0 Å². The van der Waals surface area contributed by atoms with Gasteiger partial charge in [-0.1, -0.05) is 98.0 Å². The van der Waals surface area contributed by atoms with Gasteiger partial charge in [0, 0.05) is 57.3 Å². The van der Waals surface area contributed by atoms with E-state index in [1.807, 2.05) is 123 Å². The number of carboxylic acids is 2.